The lowest BCUT2D eigenvalue weighted by Crippen LogP contribution is -2.39. The summed E-state index contributed by atoms with van der Waals surface area (Å²) in [7, 11) is 0. The van der Waals surface area contributed by atoms with Crippen LogP contribution >= 0.6 is 0 Å². The molecule has 0 fully saturated rings. The van der Waals surface area contributed by atoms with Gasteiger partial charge < -0.3 is 15.0 Å². The van der Waals surface area contributed by atoms with Crippen molar-refractivity contribution >= 4 is 11.8 Å². The minimum atomic E-state index is -0.640. The molecule has 1 aliphatic rings. The first-order chi connectivity index (χ1) is 16.5. The Bertz CT molecular complexity index is 1150. The number of carbonyl (C=O) groups is 2. The maximum Gasteiger partial charge on any atom is 0.261 e. The van der Waals surface area contributed by atoms with Gasteiger partial charge in [0.25, 0.3) is 5.91 Å². The zero-order valence-corrected chi connectivity index (χ0v) is 19.5. The number of fused-ring (bicyclic) bond motifs is 1. The topological polar surface area (TPSA) is 58.6 Å². The van der Waals surface area contributed by atoms with Crippen LogP contribution in [0.15, 0.2) is 72.8 Å². The summed E-state index contributed by atoms with van der Waals surface area (Å²) >= 11 is 0. The standard InChI is InChI=1S/C28H29FN2O3/c1-3-26(28(33)30-18-20-7-5-4-6-8-20)34-24-14-11-21-15-16-31(19(2)32)27(25(21)17-24)22-9-12-23(29)13-10-22/h4-14,17,26-27H,3,15-16,18H2,1-2H3,(H,30,33). The quantitative estimate of drug-likeness (QED) is 0.551. The third-order valence-corrected chi connectivity index (χ3v) is 6.19. The van der Waals surface area contributed by atoms with Crippen LogP contribution in [0.4, 0.5) is 4.39 Å². The molecule has 2 amide bonds. The maximum absolute atomic E-state index is 13.6. The molecule has 0 aliphatic carbocycles. The van der Waals surface area contributed by atoms with Crippen LogP contribution in [-0.4, -0.2) is 29.4 Å². The normalized spacial score (nSPS) is 15.9. The average molecular weight is 461 g/mol. The SMILES string of the molecule is CCC(Oc1ccc2c(c1)C(c1ccc(F)cc1)N(C(C)=O)CC2)C(=O)NCc1ccccc1. The summed E-state index contributed by atoms with van der Waals surface area (Å²) in [6.45, 7) is 4.48. The van der Waals surface area contributed by atoms with Gasteiger partial charge in [-0.05, 0) is 59.4 Å². The number of rotatable bonds is 7. The molecular formula is C28H29FN2O3. The van der Waals surface area contributed by atoms with Crippen molar-refractivity contribution in [2.75, 3.05) is 6.54 Å². The first kappa shape index (κ1) is 23.5. The summed E-state index contributed by atoms with van der Waals surface area (Å²) in [5.74, 6) is 0.0269. The molecule has 5 nitrogen and oxygen atoms in total. The number of hydrogen-bond donors (Lipinski definition) is 1. The fourth-order valence-electron chi connectivity index (χ4n) is 4.40. The van der Waals surface area contributed by atoms with E-state index in [1.165, 1.54) is 12.1 Å². The van der Waals surface area contributed by atoms with Crippen LogP contribution in [0.25, 0.3) is 0 Å². The highest BCUT2D eigenvalue weighted by molar-refractivity contribution is 5.81. The molecule has 176 valence electrons. The maximum atomic E-state index is 13.6. The molecule has 2 unspecified atom stereocenters. The van der Waals surface area contributed by atoms with Crippen molar-refractivity contribution in [1.29, 1.82) is 0 Å². The minimum absolute atomic E-state index is 0.0435. The first-order valence-electron chi connectivity index (χ1n) is 11.6. The van der Waals surface area contributed by atoms with E-state index in [1.54, 1.807) is 24.0 Å². The average Bonchev–Trinajstić information content (AvgIpc) is 2.86. The third kappa shape index (κ3) is 5.28. The van der Waals surface area contributed by atoms with Crippen LogP contribution in [0, 0.1) is 5.82 Å². The van der Waals surface area contributed by atoms with Gasteiger partial charge in [0.2, 0.25) is 5.91 Å². The second-order valence-electron chi connectivity index (χ2n) is 8.50. The summed E-state index contributed by atoms with van der Waals surface area (Å²) in [5, 5.41) is 2.94. The van der Waals surface area contributed by atoms with Gasteiger partial charge in [0.1, 0.15) is 11.6 Å². The molecule has 1 heterocycles. The first-order valence-corrected chi connectivity index (χ1v) is 11.6. The van der Waals surface area contributed by atoms with Crippen LogP contribution in [0.3, 0.4) is 0 Å². The van der Waals surface area contributed by atoms with Gasteiger partial charge in [-0.3, -0.25) is 9.59 Å². The Morgan fingerprint density at radius 3 is 2.50 bits per heavy atom. The van der Waals surface area contributed by atoms with Gasteiger partial charge in [-0.15, -0.1) is 0 Å². The van der Waals surface area contributed by atoms with Gasteiger partial charge in [-0.1, -0.05) is 55.5 Å². The third-order valence-electron chi connectivity index (χ3n) is 6.19. The summed E-state index contributed by atoms with van der Waals surface area (Å²) < 4.78 is 19.7. The predicted molar refractivity (Wildman–Crippen MR) is 129 cm³/mol. The Morgan fingerprint density at radius 2 is 1.82 bits per heavy atom. The van der Waals surface area contributed by atoms with Crippen molar-refractivity contribution in [2.24, 2.45) is 0 Å². The molecule has 0 radical (unpaired) electrons. The lowest BCUT2D eigenvalue weighted by molar-refractivity contribution is -0.131. The Balaban J connectivity index is 1.56. The summed E-state index contributed by atoms with van der Waals surface area (Å²) in [5.41, 5.74) is 3.90. The molecule has 3 aromatic carbocycles. The molecular weight excluding hydrogens is 431 g/mol. The fourth-order valence-corrected chi connectivity index (χ4v) is 4.40. The van der Waals surface area contributed by atoms with Gasteiger partial charge >= 0.3 is 0 Å². The molecule has 34 heavy (non-hydrogen) atoms. The lowest BCUT2D eigenvalue weighted by atomic mass is 9.88. The van der Waals surface area contributed by atoms with E-state index in [-0.39, 0.29) is 23.7 Å². The van der Waals surface area contributed by atoms with Crippen LogP contribution < -0.4 is 10.1 Å². The highest BCUT2D eigenvalue weighted by Gasteiger charge is 2.31. The molecule has 3 aromatic rings. The van der Waals surface area contributed by atoms with Crippen molar-refractivity contribution in [3.05, 3.63) is 101 Å². The predicted octanol–water partition coefficient (Wildman–Crippen LogP) is 4.79. The van der Waals surface area contributed by atoms with Crippen LogP contribution in [0.1, 0.15) is 48.6 Å². The summed E-state index contributed by atoms with van der Waals surface area (Å²) in [6, 6.07) is 21.4. The molecule has 1 N–H and O–H groups in total. The number of nitrogens with one attached hydrogen (secondary N) is 1. The fraction of sp³-hybridized carbons (Fsp3) is 0.286. The molecule has 0 spiro atoms. The number of nitrogens with zero attached hydrogens (tertiary/aromatic N) is 1. The van der Waals surface area contributed by atoms with Crippen molar-refractivity contribution in [3.8, 4) is 5.75 Å². The lowest BCUT2D eigenvalue weighted by Gasteiger charge is -2.37. The van der Waals surface area contributed by atoms with E-state index in [2.05, 4.69) is 5.32 Å². The summed E-state index contributed by atoms with van der Waals surface area (Å²) in [4.78, 5) is 27.0. The Kier molecular flexibility index (Phi) is 7.26. The second-order valence-corrected chi connectivity index (χ2v) is 8.50. The Hall–Kier alpha value is -3.67. The molecule has 0 saturated heterocycles. The molecule has 6 heteroatoms. The van der Waals surface area contributed by atoms with E-state index in [1.807, 2.05) is 55.5 Å². The largest absolute Gasteiger partial charge is 0.481 e. The van der Waals surface area contributed by atoms with Crippen molar-refractivity contribution in [2.45, 2.75) is 45.4 Å². The number of carbonyl (C=O) groups excluding carboxylic acids is 2. The van der Waals surface area contributed by atoms with E-state index in [9.17, 15) is 14.0 Å². The van der Waals surface area contributed by atoms with Gasteiger partial charge in [0.15, 0.2) is 6.10 Å². The number of benzene rings is 3. The van der Waals surface area contributed by atoms with Gasteiger partial charge in [0, 0.05) is 20.0 Å². The van der Waals surface area contributed by atoms with E-state index < -0.39 is 6.10 Å². The molecule has 4 rings (SSSR count). The monoisotopic (exact) mass is 460 g/mol. The minimum Gasteiger partial charge on any atom is -0.481 e. The number of hydrogen-bond acceptors (Lipinski definition) is 3. The Labute approximate surface area is 199 Å². The molecule has 0 aromatic heterocycles. The van der Waals surface area contributed by atoms with Crippen molar-refractivity contribution in [1.82, 2.24) is 10.2 Å². The number of amides is 2. The second kappa shape index (κ2) is 10.5. The highest BCUT2D eigenvalue weighted by atomic mass is 19.1. The number of ether oxygens (including phenoxy) is 1. The van der Waals surface area contributed by atoms with E-state index in [0.29, 0.717) is 25.3 Å². The zero-order valence-electron chi connectivity index (χ0n) is 19.5. The molecule has 1 aliphatic heterocycles. The molecule has 0 saturated carbocycles. The van der Waals surface area contributed by atoms with Crippen LogP contribution in [0.5, 0.6) is 5.75 Å². The van der Waals surface area contributed by atoms with E-state index >= 15 is 0 Å². The van der Waals surface area contributed by atoms with Crippen molar-refractivity contribution < 1.29 is 18.7 Å². The zero-order chi connectivity index (χ0) is 24.1. The molecule has 2 atom stereocenters. The smallest absolute Gasteiger partial charge is 0.261 e. The van der Waals surface area contributed by atoms with Crippen LogP contribution in [-0.2, 0) is 22.6 Å². The number of halogens is 1. The van der Waals surface area contributed by atoms with E-state index in [4.69, 9.17) is 4.74 Å². The van der Waals surface area contributed by atoms with Gasteiger partial charge in [-0.2, -0.15) is 0 Å². The summed E-state index contributed by atoms with van der Waals surface area (Å²) in [6.07, 6.45) is 0.596. The van der Waals surface area contributed by atoms with Gasteiger partial charge in [0.05, 0.1) is 6.04 Å². The van der Waals surface area contributed by atoms with Crippen LogP contribution in [0.2, 0.25) is 0 Å². The van der Waals surface area contributed by atoms with E-state index in [0.717, 1.165) is 28.7 Å². The van der Waals surface area contributed by atoms with Crippen molar-refractivity contribution in [3.63, 3.8) is 0 Å². The van der Waals surface area contributed by atoms with Gasteiger partial charge in [-0.25, -0.2) is 4.39 Å². The highest BCUT2D eigenvalue weighted by Crippen LogP contribution is 2.37. The molecule has 0 bridgehead atoms. The Morgan fingerprint density at radius 1 is 1.09 bits per heavy atom.